The Kier molecular flexibility index (Phi) is 3.22. The van der Waals surface area contributed by atoms with Gasteiger partial charge in [-0.05, 0) is 18.9 Å². The number of piperazine rings is 1. The number of nitrogens with one attached hydrogen (secondary N) is 2. The van der Waals surface area contributed by atoms with Crippen molar-refractivity contribution < 1.29 is 4.79 Å². The normalized spacial score (nSPS) is 22.0. The fourth-order valence-electron chi connectivity index (χ4n) is 3.07. The van der Waals surface area contributed by atoms with Gasteiger partial charge in [-0.15, -0.1) is 0 Å². The van der Waals surface area contributed by atoms with Gasteiger partial charge < -0.3 is 14.8 Å². The number of imidazole rings is 1. The number of carbonyl (C=O) groups excluding carboxylic acids is 1. The van der Waals surface area contributed by atoms with Gasteiger partial charge in [-0.1, -0.05) is 0 Å². The number of aromatic nitrogens is 4. The topological polar surface area (TPSA) is 78.8 Å². The molecule has 2 N–H and O–H groups in total. The van der Waals surface area contributed by atoms with E-state index in [2.05, 4.69) is 20.5 Å². The van der Waals surface area contributed by atoms with E-state index in [1.807, 2.05) is 28.8 Å². The number of nitrogens with zero attached hydrogens (tertiary/aromatic N) is 4. The summed E-state index contributed by atoms with van der Waals surface area (Å²) in [4.78, 5) is 19.1. The maximum atomic E-state index is 12.9. The largest absolute Gasteiger partial charge is 0.336 e. The van der Waals surface area contributed by atoms with Crippen LogP contribution in [0.2, 0.25) is 0 Å². The van der Waals surface area contributed by atoms with Crippen molar-refractivity contribution in [2.75, 3.05) is 19.6 Å². The van der Waals surface area contributed by atoms with Crippen molar-refractivity contribution in [3.05, 3.63) is 35.7 Å². The molecular formula is C15H20N6O. The smallest absolute Gasteiger partial charge is 0.275 e. The number of amides is 1. The Morgan fingerprint density at radius 1 is 1.41 bits per heavy atom. The summed E-state index contributed by atoms with van der Waals surface area (Å²) >= 11 is 0. The number of carbonyl (C=O) groups is 1. The van der Waals surface area contributed by atoms with Crippen LogP contribution in [0.4, 0.5) is 0 Å². The summed E-state index contributed by atoms with van der Waals surface area (Å²) < 4.78 is 1.97. The molecule has 116 valence electrons. The van der Waals surface area contributed by atoms with E-state index in [1.54, 1.807) is 6.20 Å². The summed E-state index contributed by atoms with van der Waals surface area (Å²) in [7, 11) is 1.96. The molecule has 1 amide bonds. The van der Waals surface area contributed by atoms with E-state index in [-0.39, 0.29) is 11.9 Å². The first-order chi connectivity index (χ1) is 10.7. The molecule has 0 aromatic carbocycles. The molecule has 7 nitrogen and oxygen atoms in total. The lowest BCUT2D eigenvalue weighted by Crippen LogP contribution is -2.49. The van der Waals surface area contributed by atoms with E-state index in [9.17, 15) is 4.79 Å². The summed E-state index contributed by atoms with van der Waals surface area (Å²) in [6.45, 7) is 2.19. The number of aromatic amines is 1. The minimum atomic E-state index is -0.0534. The Morgan fingerprint density at radius 2 is 2.27 bits per heavy atom. The molecule has 1 saturated heterocycles. The zero-order chi connectivity index (χ0) is 15.1. The zero-order valence-corrected chi connectivity index (χ0v) is 12.6. The Morgan fingerprint density at radius 3 is 3.00 bits per heavy atom. The molecule has 0 radical (unpaired) electrons. The molecule has 1 aliphatic carbocycles. The molecule has 4 rings (SSSR count). The third kappa shape index (κ3) is 2.31. The van der Waals surface area contributed by atoms with E-state index in [0.717, 1.165) is 24.6 Å². The van der Waals surface area contributed by atoms with Crippen LogP contribution in [0, 0.1) is 0 Å². The average molecular weight is 300 g/mol. The molecule has 3 heterocycles. The van der Waals surface area contributed by atoms with Crippen LogP contribution in [0.3, 0.4) is 0 Å². The van der Waals surface area contributed by atoms with Gasteiger partial charge in [0.2, 0.25) is 0 Å². The fraction of sp³-hybridized carbons (Fsp3) is 0.533. The summed E-state index contributed by atoms with van der Waals surface area (Å²) in [5.41, 5.74) is 1.61. The Balaban J connectivity index is 1.60. The average Bonchev–Trinajstić information content (AvgIpc) is 3.11. The van der Waals surface area contributed by atoms with E-state index in [1.165, 1.54) is 12.8 Å². The molecule has 2 aromatic rings. The van der Waals surface area contributed by atoms with Gasteiger partial charge in [0.15, 0.2) is 0 Å². The second kappa shape index (κ2) is 5.24. The van der Waals surface area contributed by atoms with Crippen LogP contribution in [-0.2, 0) is 7.05 Å². The van der Waals surface area contributed by atoms with Crippen LogP contribution in [0.15, 0.2) is 18.5 Å². The minimum Gasteiger partial charge on any atom is -0.336 e. The van der Waals surface area contributed by atoms with Crippen LogP contribution in [0.25, 0.3) is 0 Å². The van der Waals surface area contributed by atoms with Gasteiger partial charge in [0, 0.05) is 50.7 Å². The van der Waals surface area contributed by atoms with Gasteiger partial charge in [0.25, 0.3) is 5.91 Å². The van der Waals surface area contributed by atoms with Crippen LogP contribution >= 0.6 is 0 Å². The molecule has 1 unspecified atom stereocenters. The van der Waals surface area contributed by atoms with Gasteiger partial charge in [-0.2, -0.15) is 5.10 Å². The summed E-state index contributed by atoms with van der Waals surface area (Å²) in [5, 5.41) is 10.6. The second-order valence-corrected chi connectivity index (χ2v) is 6.10. The van der Waals surface area contributed by atoms with E-state index >= 15 is 0 Å². The molecule has 22 heavy (non-hydrogen) atoms. The highest BCUT2D eigenvalue weighted by molar-refractivity contribution is 5.92. The van der Waals surface area contributed by atoms with Gasteiger partial charge in [-0.25, -0.2) is 4.98 Å². The van der Waals surface area contributed by atoms with Crippen LogP contribution in [0.5, 0.6) is 0 Å². The van der Waals surface area contributed by atoms with E-state index in [0.29, 0.717) is 18.2 Å². The lowest BCUT2D eigenvalue weighted by molar-refractivity contribution is 0.0614. The van der Waals surface area contributed by atoms with Crippen molar-refractivity contribution in [3.8, 4) is 0 Å². The Labute approximate surface area is 128 Å². The standard InChI is InChI=1S/C15H20N6O/c1-20-6-5-17-14(20)13-9-16-4-7-21(13)15(22)12-8-11(18-19-12)10-2-3-10/h5-6,8,10,13,16H,2-4,7,9H2,1H3,(H,18,19). The van der Waals surface area contributed by atoms with E-state index in [4.69, 9.17) is 0 Å². The number of aryl methyl sites for hydroxylation is 1. The third-order valence-electron chi connectivity index (χ3n) is 4.49. The molecule has 0 spiro atoms. The lowest BCUT2D eigenvalue weighted by atomic mass is 10.1. The highest BCUT2D eigenvalue weighted by atomic mass is 16.2. The highest BCUT2D eigenvalue weighted by Gasteiger charge is 2.33. The molecule has 0 bridgehead atoms. The first-order valence-corrected chi connectivity index (χ1v) is 7.78. The quantitative estimate of drug-likeness (QED) is 0.879. The van der Waals surface area contributed by atoms with Crippen molar-refractivity contribution in [1.82, 2.24) is 30.0 Å². The van der Waals surface area contributed by atoms with Crippen molar-refractivity contribution in [1.29, 1.82) is 0 Å². The zero-order valence-electron chi connectivity index (χ0n) is 12.6. The number of hydrogen-bond acceptors (Lipinski definition) is 4. The third-order valence-corrected chi connectivity index (χ3v) is 4.49. The summed E-state index contributed by atoms with van der Waals surface area (Å²) in [6, 6.07) is 1.86. The molecule has 2 aliphatic rings. The van der Waals surface area contributed by atoms with Crippen molar-refractivity contribution in [3.63, 3.8) is 0 Å². The predicted octanol–water partition coefficient (Wildman–Crippen LogP) is 0.807. The Hall–Kier alpha value is -2.15. The first kappa shape index (κ1) is 13.5. The number of hydrogen-bond donors (Lipinski definition) is 2. The van der Waals surface area contributed by atoms with Crippen LogP contribution in [-0.4, -0.2) is 50.2 Å². The first-order valence-electron chi connectivity index (χ1n) is 7.78. The molecule has 2 fully saturated rings. The molecule has 2 aromatic heterocycles. The van der Waals surface area contributed by atoms with Crippen molar-refractivity contribution in [2.45, 2.75) is 24.8 Å². The van der Waals surface area contributed by atoms with Gasteiger partial charge >= 0.3 is 0 Å². The molecule has 1 atom stereocenters. The van der Waals surface area contributed by atoms with Gasteiger partial charge in [-0.3, -0.25) is 9.89 Å². The Bertz CT molecular complexity index is 686. The summed E-state index contributed by atoms with van der Waals surface area (Å²) in [5.74, 6) is 1.46. The van der Waals surface area contributed by atoms with Crippen molar-refractivity contribution >= 4 is 5.91 Å². The molecule has 7 heteroatoms. The monoisotopic (exact) mass is 300 g/mol. The maximum absolute atomic E-state index is 12.9. The molecule has 1 aliphatic heterocycles. The van der Waals surface area contributed by atoms with Gasteiger partial charge in [0.05, 0.1) is 0 Å². The summed E-state index contributed by atoms with van der Waals surface area (Å²) in [6.07, 6.45) is 6.07. The second-order valence-electron chi connectivity index (χ2n) is 6.10. The minimum absolute atomic E-state index is 0.0161. The lowest BCUT2D eigenvalue weighted by Gasteiger charge is -2.35. The fourth-order valence-corrected chi connectivity index (χ4v) is 3.07. The van der Waals surface area contributed by atoms with E-state index < -0.39 is 0 Å². The number of H-pyrrole nitrogens is 1. The highest BCUT2D eigenvalue weighted by Crippen LogP contribution is 2.39. The SMILES string of the molecule is Cn1ccnc1C1CNCCN1C(=O)c1cc(C2CC2)[nH]n1. The number of rotatable bonds is 3. The van der Waals surface area contributed by atoms with Crippen LogP contribution in [0.1, 0.15) is 46.8 Å². The maximum Gasteiger partial charge on any atom is 0.275 e. The van der Waals surface area contributed by atoms with Crippen molar-refractivity contribution in [2.24, 2.45) is 7.05 Å². The van der Waals surface area contributed by atoms with Crippen LogP contribution < -0.4 is 5.32 Å². The predicted molar refractivity (Wildman–Crippen MR) is 80.4 cm³/mol. The van der Waals surface area contributed by atoms with Gasteiger partial charge in [0.1, 0.15) is 17.6 Å². The molecule has 1 saturated carbocycles. The molecular weight excluding hydrogens is 280 g/mol.